The standard InChI is InChI=1S/C23H55NO9S2Si5/c1-18(24-32-35(25,26)33-40(14,15)16)34-23-22(31-39(11,12)13)21(30-38(8,9)10)20(29-37(5,6)7)19(28-23)17-27-36(2,3)4/h19-23H,17H2,1-16H3. The Hall–Kier alpha value is 0.614. The van der Waals surface area contributed by atoms with Crippen molar-refractivity contribution in [2.24, 2.45) is 5.16 Å². The predicted molar refractivity (Wildman–Crippen MR) is 178 cm³/mol. The molecular weight excluding hydrogens is 639 g/mol. The van der Waals surface area contributed by atoms with Gasteiger partial charge in [0, 0.05) is 0 Å². The van der Waals surface area contributed by atoms with E-state index in [-0.39, 0.29) is 6.10 Å². The third-order valence-corrected chi connectivity index (χ3v) is 12.7. The van der Waals surface area contributed by atoms with Gasteiger partial charge in [0.2, 0.25) is 8.32 Å². The molecule has 17 heteroatoms. The zero-order chi connectivity index (χ0) is 31.5. The number of ether oxygens (including phenoxy) is 1. The fourth-order valence-electron chi connectivity index (χ4n) is 3.68. The maximum Gasteiger partial charge on any atom is 0.459 e. The molecule has 0 saturated carbocycles. The molecule has 10 nitrogen and oxygen atoms in total. The van der Waals surface area contributed by atoms with Gasteiger partial charge in [-0.3, -0.25) is 3.87 Å². The van der Waals surface area contributed by atoms with E-state index in [1.807, 2.05) is 0 Å². The number of nitrogens with zero attached hydrogens (tertiary/aromatic N) is 1. The average molecular weight is 694 g/mol. The maximum absolute atomic E-state index is 12.3. The summed E-state index contributed by atoms with van der Waals surface area (Å²) in [6.45, 7) is 33.0. The van der Waals surface area contributed by atoms with Crippen molar-refractivity contribution in [2.75, 3.05) is 6.61 Å². The zero-order valence-corrected chi connectivity index (χ0v) is 34.2. The summed E-state index contributed by atoms with van der Waals surface area (Å²) in [5, 5.41) is 4.24. The molecule has 40 heavy (non-hydrogen) atoms. The van der Waals surface area contributed by atoms with Crippen LogP contribution in [0.3, 0.4) is 0 Å². The van der Waals surface area contributed by atoms with Crippen LogP contribution in [-0.2, 0) is 41.0 Å². The smallest absolute Gasteiger partial charge is 0.415 e. The summed E-state index contributed by atoms with van der Waals surface area (Å²) in [6, 6.07) is 0. The molecule has 0 aliphatic carbocycles. The monoisotopic (exact) mass is 693 g/mol. The summed E-state index contributed by atoms with van der Waals surface area (Å²) in [6.07, 6.45) is -1.68. The second kappa shape index (κ2) is 14.1. The third kappa shape index (κ3) is 16.5. The van der Waals surface area contributed by atoms with Crippen molar-refractivity contribution >= 4 is 68.8 Å². The quantitative estimate of drug-likeness (QED) is 0.0877. The number of thioether (sulfide) groups is 1. The number of hydrogen-bond acceptors (Lipinski definition) is 11. The van der Waals surface area contributed by atoms with Gasteiger partial charge in [0.15, 0.2) is 33.3 Å². The summed E-state index contributed by atoms with van der Waals surface area (Å²) in [4.78, 5) is 0. The van der Waals surface area contributed by atoms with Gasteiger partial charge in [-0.15, -0.1) is 0 Å². The van der Waals surface area contributed by atoms with Gasteiger partial charge in [-0.25, -0.2) is 4.28 Å². The molecule has 5 unspecified atom stereocenters. The maximum atomic E-state index is 12.3. The van der Waals surface area contributed by atoms with E-state index in [2.05, 4.69) is 83.7 Å². The molecule has 0 spiro atoms. The van der Waals surface area contributed by atoms with Crippen LogP contribution in [0.1, 0.15) is 6.92 Å². The minimum Gasteiger partial charge on any atom is -0.415 e. The summed E-state index contributed by atoms with van der Waals surface area (Å²) in [7, 11) is -14.7. The van der Waals surface area contributed by atoms with Crippen LogP contribution >= 0.6 is 11.8 Å². The van der Waals surface area contributed by atoms with E-state index < -0.39 is 75.7 Å². The first-order chi connectivity index (χ1) is 17.6. The minimum absolute atomic E-state index is 0.359. The first-order valence-electron chi connectivity index (χ1n) is 13.7. The summed E-state index contributed by atoms with van der Waals surface area (Å²) in [5.74, 6) is 0. The Morgan fingerprint density at radius 3 is 1.57 bits per heavy atom. The van der Waals surface area contributed by atoms with E-state index in [0.717, 1.165) is 0 Å². The predicted octanol–water partition coefficient (Wildman–Crippen LogP) is 6.40. The molecule has 5 atom stereocenters. The van der Waals surface area contributed by atoms with Crippen molar-refractivity contribution in [3.8, 4) is 0 Å². The fraction of sp³-hybridized carbons (Fsp3) is 0.957. The van der Waals surface area contributed by atoms with Crippen LogP contribution in [0.4, 0.5) is 0 Å². The topological polar surface area (TPSA) is 111 Å². The van der Waals surface area contributed by atoms with Crippen molar-refractivity contribution < 1.29 is 39.0 Å². The Morgan fingerprint density at radius 2 is 1.15 bits per heavy atom. The van der Waals surface area contributed by atoms with E-state index >= 15 is 0 Å². The van der Waals surface area contributed by atoms with Gasteiger partial charge in [-0.05, 0) is 105 Å². The molecule has 0 N–H and O–H groups in total. The highest BCUT2D eigenvalue weighted by Crippen LogP contribution is 2.38. The Kier molecular flexibility index (Phi) is 13.7. The minimum atomic E-state index is -4.27. The molecular formula is C23H55NO9S2Si5. The molecule has 0 radical (unpaired) electrons. The summed E-state index contributed by atoms with van der Waals surface area (Å²) < 4.78 is 68.0. The first kappa shape index (κ1) is 38.6. The van der Waals surface area contributed by atoms with E-state index in [1.165, 1.54) is 11.8 Å². The molecule has 1 heterocycles. The molecule has 0 aromatic heterocycles. The van der Waals surface area contributed by atoms with E-state index in [1.54, 1.807) is 26.6 Å². The average Bonchev–Trinajstić information content (AvgIpc) is 2.64. The van der Waals surface area contributed by atoms with Gasteiger partial charge in [0.1, 0.15) is 34.9 Å². The van der Waals surface area contributed by atoms with Gasteiger partial charge in [-0.2, -0.15) is 8.42 Å². The highest BCUT2D eigenvalue weighted by Gasteiger charge is 2.52. The number of rotatable bonds is 14. The van der Waals surface area contributed by atoms with Crippen molar-refractivity contribution in [3.63, 3.8) is 0 Å². The second-order valence-corrected chi connectivity index (χ2v) is 40.0. The lowest BCUT2D eigenvalue weighted by Crippen LogP contribution is -2.65. The molecule has 0 aromatic rings. The lowest BCUT2D eigenvalue weighted by molar-refractivity contribution is -0.188. The molecule has 238 valence electrons. The Labute approximate surface area is 253 Å². The van der Waals surface area contributed by atoms with E-state index in [9.17, 15) is 8.42 Å². The van der Waals surface area contributed by atoms with Gasteiger partial charge < -0.3 is 22.4 Å². The summed E-state index contributed by atoms with van der Waals surface area (Å²) in [5.41, 5.74) is -0.558. The SMILES string of the molecule is CC(=NOS(=O)(=O)O[Si](C)(C)C)SC1OC(CO[Si](C)(C)C)C(O[Si](C)(C)C)C(O[Si](C)(C)C)C1O[Si](C)(C)C. The van der Waals surface area contributed by atoms with Crippen molar-refractivity contribution in [3.05, 3.63) is 0 Å². The molecule has 0 aromatic carbocycles. The lowest BCUT2D eigenvalue weighted by Gasteiger charge is -2.51. The zero-order valence-electron chi connectivity index (χ0n) is 27.5. The van der Waals surface area contributed by atoms with Crippen LogP contribution in [0.15, 0.2) is 5.16 Å². The van der Waals surface area contributed by atoms with Gasteiger partial charge in [-0.1, -0.05) is 16.9 Å². The van der Waals surface area contributed by atoms with E-state index in [4.69, 9.17) is 30.6 Å². The van der Waals surface area contributed by atoms with Crippen LogP contribution in [0.5, 0.6) is 0 Å². The molecule has 0 bridgehead atoms. The number of oxime groups is 1. The molecule has 1 fully saturated rings. The Morgan fingerprint density at radius 1 is 0.700 bits per heavy atom. The highest BCUT2D eigenvalue weighted by molar-refractivity contribution is 8.14. The largest absolute Gasteiger partial charge is 0.459 e. The number of hydrogen-bond donors (Lipinski definition) is 0. The van der Waals surface area contributed by atoms with Crippen molar-refractivity contribution in [2.45, 2.75) is 135 Å². The van der Waals surface area contributed by atoms with Gasteiger partial charge in [0.25, 0.3) is 0 Å². The lowest BCUT2D eigenvalue weighted by atomic mass is 10.0. The van der Waals surface area contributed by atoms with Crippen LogP contribution < -0.4 is 0 Å². The van der Waals surface area contributed by atoms with Crippen LogP contribution in [0, 0.1) is 0 Å². The third-order valence-electron chi connectivity index (χ3n) is 4.64. The molecule has 1 aliphatic rings. The van der Waals surface area contributed by atoms with Gasteiger partial charge in [0.05, 0.1) is 6.61 Å². The Bertz CT molecular complexity index is 952. The molecule has 1 aliphatic heterocycles. The normalized spacial score (nSPS) is 26.2. The first-order valence-corrected chi connectivity index (χ1v) is 33.0. The van der Waals surface area contributed by atoms with Crippen LogP contribution in [-0.4, -0.2) is 91.5 Å². The molecule has 1 rings (SSSR count). The van der Waals surface area contributed by atoms with Crippen molar-refractivity contribution in [1.82, 2.24) is 0 Å². The Balaban J connectivity index is 3.53. The fourth-order valence-corrected chi connectivity index (χ4v) is 11.5. The summed E-state index contributed by atoms with van der Waals surface area (Å²) >= 11 is 1.25. The van der Waals surface area contributed by atoms with E-state index in [0.29, 0.717) is 11.7 Å². The molecule has 0 amide bonds. The second-order valence-electron chi connectivity index (χ2n) is 15.0. The molecule has 1 saturated heterocycles. The van der Waals surface area contributed by atoms with Crippen LogP contribution in [0.25, 0.3) is 0 Å². The van der Waals surface area contributed by atoms with Crippen molar-refractivity contribution in [1.29, 1.82) is 0 Å². The van der Waals surface area contributed by atoms with Crippen LogP contribution in [0.2, 0.25) is 98.2 Å². The highest BCUT2D eigenvalue weighted by atomic mass is 32.3. The van der Waals surface area contributed by atoms with Gasteiger partial charge >= 0.3 is 10.4 Å².